The van der Waals surface area contributed by atoms with Crippen LogP contribution in [0.3, 0.4) is 0 Å². The van der Waals surface area contributed by atoms with E-state index in [0.717, 1.165) is 67.3 Å². The lowest BCUT2D eigenvalue weighted by Gasteiger charge is -2.11. The molecule has 0 bridgehead atoms. The average molecular weight is 287 g/mol. The van der Waals surface area contributed by atoms with Crippen LogP contribution in [0.2, 0.25) is 0 Å². The molecule has 114 valence electrons. The van der Waals surface area contributed by atoms with Crippen molar-refractivity contribution in [2.45, 2.75) is 46.0 Å². The number of rotatable bonds is 8. The summed E-state index contributed by atoms with van der Waals surface area (Å²) in [5.41, 5.74) is 3.01. The fourth-order valence-electron chi connectivity index (χ4n) is 2.63. The van der Waals surface area contributed by atoms with E-state index < -0.39 is 0 Å². The van der Waals surface area contributed by atoms with E-state index in [1.807, 2.05) is 18.2 Å². The fraction of sp³-hybridized carbons (Fsp3) is 0.500. The normalized spacial score (nSPS) is 11.1. The van der Waals surface area contributed by atoms with Gasteiger partial charge in [0.25, 0.3) is 0 Å². The molecule has 3 nitrogen and oxygen atoms in total. The molecule has 0 aliphatic carbocycles. The van der Waals surface area contributed by atoms with Crippen LogP contribution in [-0.2, 0) is 11.2 Å². The zero-order valence-corrected chi connectivity index (χ0v) is 13.1. The number of aryl methyl sites for hydroxylation is 1. The minimum absolute atomic E-state index is 0.188. The van der Waals surface area contributed by atoms with Crippen LogP contribution in [-0.4, -0.2) is 23.3 Å². The number of ether oxygens (including phenoxy) is 1. The molecular weight excluding hydrogens is 262 g/mol. The highest BCUT2D eigenvalue weighted by molar-refractivity contribution is 5.83. The summed E-state index contributed by atoms with van der Waals surface area (Å²) in [5.74, 6) is 0.188. The van der Waals surface area contributed by atoms with Crippen LogP contribution in [0, 0.1) is 6.92 Å². The molecule has 0 radical (unpaired) electrons. The fourth-order valence-corrected chi connectivity index (χ4v) is 2.63. The van der Waals surface area contributed by atoms with Gasteiger partial charge in [-0.05, 0) is 44.2 Å². The van der Waals surface area contributed by atoms with Gasteiger partial charge in [0.1, 0.15) is 0 Å². The van der Waals surface area contributed by atoms with Gasteiger partial charge in [-0.25, -0.2) is 4.98 Å². The highest BCUT2D eigenvalue weighted by atomic mass is 16.5. The number of pyridine rings is 1. The van der Waals surface area contributed by atoms with Gasteiger partial charge in [-0.3, -0.25) is 0 Å². The highest BCUT2D eigenvalue weighted by Gasteiger charge is 2.10. The molecular formula is C18H25NO2. The van der Waals surface area contributed by atoms with Crippen molar-refractivity contribution in [2.24, 2.45) is 0 Å². The molecule has 1 aromatic carbocycles. The van der Waals surface area contributed by atoms with Crippen molar-refractivity contribution in [3.63, 3.8) is 0 Å². The third-order valence-electron chi connectivity index (χ3n) is 3.82. The minimum Gasteiger partial charge on any atom is -0.493 e. The zero-order valence-electron chi connectivity index (χ0n) is 13.1. The van der Waals surface area contributed by atoms with Crippen LogP contribution in [0.5, 0.6) is 5.88 Å². The molecule has 1 heterocycles. The Kier molecular flexibility index (Phi) is 6.00. The van der Waals surface area contributed by atoms with Crippen molar-refractivity contribution in [3.05, 3.63) is 35.4 Å². The maximum absolute atomic E-state index is 10.1. The highest BCUT2D eigenvalue weighted by Crippen LogP contribution is 2.27. The largest absolute Gasteiger partial charge is 0.493 e. The van der Waals surface area contributed by atoms with E-state index in [0.29, 0.717) is 0 Å². The summed E-state index contributed by atoms with van der Waals surface area (Å²) in [4.78, 5) is 4.31. The van der Waals surface area contributed by atoms with Gasteiger partial charge in [-0.1, -0.05) is 31.5 Å². The molecule has 0 amide bonds. The van der Waals surface area contributed by atoms with Gasteiger partial charge in [0.05, 0.1) is 5.52 Å². The molecule has 0 saturated carbocycles. The maximum atomic E-state index is 10.1. The smallest absolute Gasteiger partial charge is 0.214 e. The molecule has 2 rings (SSSR count). The summed E-state index contributed by atoms with van der Waals surface area (Å²) >= 11 is 0. The number of aromatic nitrogens is 1. The van der Waals surface area contributed by atoms with Gasteiger partial charge >= 0.3 is 0 Å². The number of para-hydroxylation sites is 1. The number of aromatic hydroxyl groups is 1. The molecule has 0 atom stereocenters. The topological polar surface area (TPSA) is 42.4 Å². The van der Waals surface area contributed by atoms with E-state index in [1.54, 1.807) is 0 Å². The van der Waals surface area contributed by atoms with E-state index in [4.69, 9.17) is 4.74 Å². The van der Waals surface area contributed by atoms with Gasteiger partial charge < -0.3 is 9.84 Å². The second-order valence-corrected chi connectivity index (χ2v) is 5.48. The molecule has 2 aromatic rings. The molecule has 0 aliphatic rings. The van der Waals surface area contributed by atoms with Crippen molar-refractivity contribution in [1.82, 2.24) is 4.98 Å². The first-order chi connectivity index (χ1) is 10.2. The Hall–Kier alpha value is -1.61. The Labute approximate surface area is 127 Å². The van der Waals surface area contributed by atoms with E-state index >= 15 is 0 Å². The van der Waals surface area contributed by atoms with Crippen LogP contribution < -0.4 is 0 Å². The van der Waals surface area contributed by atoms with E-state index in [9.17, 15) is 5.11 Å². The third kappa shape index (κ3) is 4.18. The average Bonchev–Trinajstić information content (AvgIpc) is 2.49. The van der Waals surface area contributed by atoms with Crippen LogP contribution in [0.25, 0.3) is 10.9 Å². The summed E-state index contributed by atoms with van der Waals surface area (Å²) in [6.07, 6.45) is 5.22. The lowest BCUT2D eigenvalue weighted by atomic mass is 9.99. The molecule has 1 N–H and O–H groups in total. The number of nitrogens with zero attached hydrogens (tertiary/aromatic N) is 1. The Morgan fingerprint density at radius 3 is 2.71 bits per heavy atom. The second-order valence-electron chi connectivity index (χ2n) is 5.48. The first-order valence-electron chi connectivity index (χ1n) is 7.89. The molecule has 3 heteroatoms. The quantitative estimate of drug-likeness (QED) is 0.732. The predicted molar refractivity (Wildman–Crippen MR) is 86.8 cm³/mol. The molecule has 21 heavy (non-hydrogen) atoms. The number of unbranched alkanes of at least 4 members (excludes halogenated alkanes) is 2. The number of hydrogen-bond donors (Lipinski definition) is 1. The maximum Gasteiger partial charge on any atom is 0.214 e. The van der Waals surface area contributed by atoms with Crippen LogP contribution in [0.1, 0.15) is 43.7 Å². The standard InChI is InChI=1S/C18H25NO2/c1-3-12-21-13-8-4-5-10-16-14(2)15-9-6-7-11-17(15)19-18(16)20/h6-7,9,11H,3-5,8,10,12-13H2,1-2H3,(H,19,20). The Bertz CT molecular complexity index is 581. The Morgan fingerprint density at radius 2 is 1.90 bits per heavy atom. The predicted octanol–water partition coefficient (Wildman–Crippen LogP) is 4.39. The molecule has 0 fully saturated rings. The summed E-state index contributed by atoms with van der Waals surface area (Å²) in [6.45, 7) is 5.89. The lowest BCUT2D eigenvalue weighted by molar-refractivity contribution is 0.130. The van der Waals surface area contributed by atoms with Crippen molar-refractivity contribution < 1.29 is 9.84 Å². The summed E-state index contributed by atoms with van der Waals surface area (Å²) in [7, 11) is 0. The van der Waals surface area contributed by atoms with Crippen molar-refractivity contribution in [2.75, 3.05) is 13.2 Å². The number of hydrogen-bond acceptors (Lipinski definition) is 3. The molecule has 1 aromatic heterocycles. The van der Waals surface area contributed by atoms with Gasteiger partial charge in [-0.15, -0.1) is 0 Å². The third-order valence-corrected chi connectivity index (χ3v) is 3.82. The summed E-state index contributed by atoms with van der Waals surface area (Å²) < 4.78 is 5.48. The lowest BCUT2D eigenvalue weighted by Crippen LogP contribution is -1.98. The van der Waals surface area contributed by atoms with Gasteiger partial charge in [0.2, 0.25) is 5.88 Å². The van der Waals surface area contributed by atoms with E-state index in [1.165, 1.54) is 0 Å². The minimum atomic E-state index is 0.188. The molecule has 0 unspecified atom stereocenters. The van der Waals surface area contributed by atoms with Crippen LogP contribution in [0.4, 0.5) is 0 Å². The number of benzene rings is 1. The summed E-state index contributed by atoms with van der Waals surface area (Å²) in [5, 5.41) is 11.3. The summed E-state index contributed by atoms with van der Waals surface area (Å²) in [6, 6.07) is 7.98. The van der Waals surface area contributed by atoms with Gasteiger partial charge in [-0.2, -0.15) is 0 Å². The van der Waals surface area contributed by atoms with Gasteiger partial charge in [0, 0.05) is 24.2 Å². The van der Waals surface area contributed by atoms with Crippen molar-refractivity contribution in [3.8, 4) is 5.88 Å². The van der Waals surface area contributed by atoms with E-state index in [2.05, 4.69) is 24.9 Å². The monoisotopic (exact) mass is 287 g/mol. The SMILES string of the molecule is CCCOCCCCCc1c(O)nc2ccccc2c1C. The van der Waals surface area contributed by atoms with Crippen molar-refractivity contribution >= 4 is 10.9 Å². The first-order valence-corrected chi connectivity index (χ1v) is 7.89. The van der Waals surface area contributed by atoms with Crippen LogP contribution >= 0.6 is 0 Å². The molecule has 0 saturated heterocycles. The first kappa shape index (κ1) is 15.8. The van der Waals surface area contributed by atoms with Gasteiger partial charge in [0.15, 0.2) is 0 Å². The molecule has 0 aliphatic heterocycles. The number of fused-ring (bicyclic) bond motifs is 1. The Morgan fingerprint density at radius 1 is 1.10 bits per heavy atom. The zero-order chi connectivity index (χ0) is 15.1. The van der Waals surface area contributed by atoms with Crippen molar-refractivity contribution in [1.29, 1.82) is 0 Å². The van der Waals surface area contributed by atoms with E-state index in [-0.39, 0.29) is 5.88 Å². The van der Waals surface area contributed by atoms with Crippen LogP contribution in [0.15, 0.2) is 24.3 Å². The Balaban J connectivity index is 1.93. The second kappa shape index (κ2) is 7.99. The molecule has 0 spiro atoms.